The standard InChI is InChI=1S/C25H25N3O3/c1-2-13-27-21-15-28(19-11-12-19)24(29)22(21)23(26-25(27)30)18-9-6-10-20(14-18)31-16-17-7-4-3-5-8-17/h2-10,14,19,23H,1,11-13,15-16H2,(H,26,30). The van der Waals surface area contributed by atoms with Crippen molar-refractivity contribution >= 4 is 11.9 Å². The van der Waals surface area contributed by atoms with Crippen LogP contribution in [-0.4, -0.2) is 40.9 Å². The minimum Gasteiger partial charge on any atom is -0.489 e. The summed E-state index contributed by atoms with van der Waals surface area (Å²) >= 11 is 0. The molecule has 2 aromatic carbocycles. The highest BCUT2D eigenvalue weighted by molar-refractivity contribution is 6.01. The lowest BCUT2D eigenvalue weighted by molar-refractivity contribution is -0.126. The number of hydrogen-bond donors (Lipinski definition) is 1. The number of nitrogens with zero attached hydrogens (tertiary/aromatic N) is 2. The maximum absolute atomic E-state index is 13.3. The van der Waals surface area contributed by atoms with Gasteiger partial charge in [-0.3, -0.25) is 9.69 Å². The van der Waals surface area contributed by atoms with Gasteiger partial charge in [0.15, 0.2) is 0 Å². The van der Waals surface area contributed by atoms with Gasteiger partial charge in [-0.05, 0) is 36.1 Å². The van der Waals surface area contributed by atoms with E-state index in [0.717, 1.165) is 29.7 Å². The normalized spacial score (nSPS) is 20.6. The molecule has 3 aliphatic rings. The molecular formula is C25H25N3O3. The highest BCUT2D eigenvalue weighted by Crippen LogP contribution is 2.41. The molecule has 2 heterocycles. The number of nitrogens with one attached hydrogen (secondary N) is 1. The fourth-order valence-corrected chi connectivity index (χ4v) is 4.29. The monoisotopic (exact) mass is 415 g/mol. The third-order valence-electron chi connectivity index (χ3n) is 5.99. The summed E-state index contributed by atoms with van der Waals surface area (Å²) in [6.45, 7) is 5.08. The van der Waals surface area contributed by atoms with Gasteiger partial charge in [0.2, 0.25) is 0 Å². The van der Waals surface area contributed by atoms with Crippen molar-refractivity contribution in [3.05, 3.63) is 89.6 Å². The van der Waals surface area contributed by atoms with Gasteiger partial charge in [-0.2, -0.15) is 0 Å². The lowest BCUT2D eigenvalue weighted by atomic mass is 9.95. The number of ether oxygens (including phenoxy) is 1. The molecule has 2 aromatic rings. The van der Waals surface area contributed by atoms with Crippen LogP contribution in [0.1, 0.15) is 30.0 Å². The maximum Gasteiger partial charge on any atom is 0.322 e. The first-order valence-electron chi connectivity index (χ1n) is 10.7. The van der Waals surface area contributed by atoms with Crippen LogP contribution < -0.4 is 10.1 Å². The van der Waals surface area contributed by atoms with Gasteiger partial charge in [-0.25, -0.2) is 4.79 Å². The molecule has 1 aliphatic carbocycles. The highest BCUT2D eigenvalue weighted by atomic mass is 16.5. The lowest BCUT2D eigenvalue weighted by Gasteiger charge is -2.33. The largest absolute Gasteiger partial charge is 0.489 e. The van der Waals surface area contributed by atoms with Crippen molar-refractivity contribution in [1.82, 2.24) is 15.1 Å². The van der Waals surface area contributed by atoms with Crippen LogP contribution in [0.25, 0.3) is 0 Å². The molecule has 0 spiro atoms. The summed E-state index contributed by atoms with van der Waals surface area (Å²) in [6.07, 6.45) is 3.75. The number of carbonyl (C=O) groups is 2. The highest BCUT2D eigenvalue weighted by Gasteiger charge is 2.47. The smallest absolute Gasteiger partial charge is 0.322 e. The molecule has 5 rings (SSSR count). The summed E-state index contributed by atoms with van der Waals surface area (Å²) in [7, 11) is 0. The first-order valence-corrected chi connectivity index (χ1v) is 10.7. The Bertz CT molecular complexity index is 1060. The van der Waals surface area contributed by atoms with Crippen molar-refractivity contribution in [2.75, 3.05) is 13.1 Å². The Morgan fingerprint density at radius 1 is 1.10 bits per heavy atom. The Kier molecular flexibility index (Phi) is 4.98. The van der Waals surface area contributed by atoms with Crippen molar-refractivity contribution in [2.45, 2.75) is 31.5 Å². The van der Waals surface area contributed by atoms with Crippen LogP contribution >= 0.6 is 0 Å². The number of hydrogen-bond acceptors (Lipinski definition) is 3. The molecule has 1 atom stereocenters. The molecule has 0 aromatic heterocycles. The van der Waals surface area contributed by atoms with Crippen LogP contribution in [-0.2, 0) is 11.4 Å². The molecule has 6 nitrogen and oxygen atoms in total. The van der Waals surface area contributed by atoms with Crippen molar-refractivity contribution in [3.8, 4) is 5.75 Å². The molecule has 0 bridgehead atoms. The van der Waals surface area contributed by atoms with Gasteiger partial charge in [-0.15, -0.1) is 6.58 Å². The minimum absolute atomic E-state index is 0.0205. The van der Waals surface area contributed by atoms with Crippen molar-refractivity contribution in [2.24, 2.45) is 0 Å². The van der Waals surface area contributed by atoms with Gasteiger partial charge < -0.3 is 15.0 Å². The van der Waals surface area contributed by atoms with E-state index >= 15 is 0 Å². The van der Waals surface area contributed by atoms with E-state index in [9.17, 15) is 9.59 Å². The Morgan fingerprint density at radius 3 is 2.65 bits per heavy atom. The molecule has 2 aliphatic heterocycles. The first-order chi connectivity index (χ1) is 15.2. The molecule has 3 amide bonds. The number of rotatable bonds is 7. The van der Waals surface area contributed by atoms with E-state index in [1.54, 1.807) is 11.0 Å². The quantitative estimate of drug-likeness (QED) is 0.700. The summed E-state index contributed by atoms with van der Waals surface area (Å²) in [6, 6.07) is 17.2. The lowest BCUT2D eigenvalue weighted by Crippen LogP contribution is -2.47. The molecule has 0 radical (unpaired) electrons. The van der Waals surface area contributed by atoms with E-state index in [0.29, 0.717) is 37.1 Å². The van der Waals surface area contributed by atoms with E-state index in [2.05, 4.69) is 11.9 Å². The van der Waals surface area contributed by atoms with Gasteiger partial charge in [0.25, 0.3) is 5.91 Å². The molecule has 1 N–H and O–H groups in total. The number of carbonyl (C=O) groups excluding carboxylic acids is 2. The Morgan fingerprint density at radius 2 is 1.90 bits per heavy atom. The van der Waals surface area contributed by atoms with Crippen LogP contribution in [0.2, 0.25) is 0 Å². The predicted molar refractivity (Wildman–Crippen MR) is 117 cm³/mol. The van der Waals surface area contributed by atoms with Crippen LogP contribution in [0.5, 0.6) is 5.75 Å². The molecule has 31 heavy (non-hydrogen) atoms. The van der Waals surface area contributed by atoms with Gasteiger partial charge in [0.05, 0.1) is 23.9 Å². The zero-order valence-electron chi connectivity index (χ0n) is 17.3. The van der Waals surface area contributed by atoms with Crippen LogP contribution in [0, 0.1) is 0 Å². The summed E-state index contributed by atoms with van der Waals surface area (Å²) in [4.78, 5) is 29.7. The molecule has 1 unspecified atom stereocenters. The van der Waals surface area contributed by atoms with E-state index in [-0.39, 0.29) is 11.9 Å². The third-order valence-corrected chi connectivity index (χ3v) is 5.99. The zero-order valence-corrected chi connectivity index (χ0v) is 17.3. The second-order valence-corrected chi connectivity index (χ2v) is 8.15. The van der Waals surface area contributed by atoms with Gasteiger partial charge in [0.1, 0.15) is 12.4 Å². The van der Waals surface area contributed by atoms with Crippen LogP contribution in [0.3, 0.4) is 0 Å². The maximum atomic E-state index is 13.3. The topological polar surface area (TPSA) is 61.9 Å². The SMILES string of the molecule is C=CCN1C(=O)NC(c2cccc(OCc3ccccc3)c2)C2=C1CN(C1CC1)C2=O. The van der Waals surface area contributed by atoms with Gasteiger partial charge in [-0.1, -0.05) is 48.5 Å². The van der Waals surface area contributed by atoms with Crippen molar-refractivity contribution < 1.29 is 14.3 Å². The average Bonchev–Trinajstić information content (AvgIpc) is 3.58. The van der Waals surface area contributed by atoms with E-state index < -0.39 is 6.04 Å². The molecule has 1 saturated carbocycles. The minimum atomic E-state index is -0.486. The van der Waals surface area contributed by atoms with Crippen molar-refractivity contribution in [1.29, 1.82) is 0 Å². The fraction of sp³-hybridized carbons (Fsp3) is 0.280. The second kappa shape index (κ2) is 7.95. The van der Waals surface area contributed by atoms with Gasteiger partial charge >= 0.3 is 6.03 Å². The fourth-order valence-electron chi connectivity index (χ4n) is 4.29. The van der Waals surface area contributed by atoms with Crippen LogP contribution in [0.4, 0.5) is 4.79 Å². The van der Waals surface area contributed by atoms with Gasteiger partial charge in [0, 0.05) is 12.6 Å². The molecular weight excluding hydrogens is 390 g/mol. The molecule has 6 heteroatoms. The van der Waals surface area contributed by atoms with Crippen LogP contribution in [0.15, 0.2) is 78.5 Å². The molecule has 158 valence electrons. The van der Waals surface area contributed by atoms with E-state index in [1.807, 2.05) is 59.5 Å². The molecule has 1 fully saturated rings. The Balaban J connectivity index is 1.44. The van der Waals surface area contributed by atoms with E-state index in [1.165, 1.54) is 0 Å². The summed E-state index contributed by atoms with van der Waals surface area (Å²) in [5, 5.41) is 3.03. The molecule has 0 saturated heterocycles. The number of amides is 3. The number of urea groups is 1. The summed E-state index contributed by atoms with van der Waals surface area (Å²) < 4.78 is 5.97. The summed E-state index contributed by atoms with van der Waals surface area (Å²) in [5.41, 5.74) is 3.38. The number of benzene rings is 2. The Hall–Kier alpha value is -3.54. The summed E-state index contributed by atoms with van der Waals surface area (Å²) in [5.74, 6) is 0.725. The zero-order chi connectivity index (χ0) is 21.4. The predicted octanol–water partition coefficient (Wildman–Crippen LogP) is 3.78. The third kappa shape index (κ3) is 3.69. The first kappa shape index (κ1) is 19.4. The average molecular weight is 415 g/mol. The van der Waals surface area contributed by atoms with Crippen molar-refractivity contribution in [3.63, 3.8) is 0 Å². The Labute approximate surface area is 181 Å². The second-order valence-electron chi connectivity index (χ2n) is 8.15. The van der Waals surface area contributed by atoms with E-state index in [4.69, 9.17) is 4.74 Å².